The third-order valence-corrected chi connectivity index (χ3v) is 4.98. The van der Waals surface area contributed by atoms with Crippen molar-refractivity contribution in [1.29, 1.82) is 0 Å². The molecule has 1 amide bonds. The Hall–Kier alpha value is -2.02. The zero-order valence-electron chi connectivity index (χ0n) is 13.7. The van der Waals surface area contributed by atoms with Gasteiger partial charge in [-0.15, -0.1) is 5.10 Å². The van der Waals surface area contributed by atoms with Crippen LogP contribution in [0.5, 0.6) is 0 Å². The monoisotopic (exact) mass is 331 g/mol. The van der Waals surface area contributed by atoms with Crippen LogP contribution in [0.1, 0.15) is 33.0 Å². The highest BCUT2D eigenvalue weighted by Crippen LogP contribution is 2.21. The number of rotatable bonds is 2. The fraction of sp³-hybridized carbons (Fsp3) is 0.500. The van der Waals surface area contributed by atoms with Crippen molar-refractivity contribution in [1.82, 2.24) is 19.5 Å². The molecule has 0 saturated carbocycles. The van der Waals surface area contributed by atoms with E-state index in [1.807, 2.05) is 37.8 Å². The van der Waals surface area contributed by atoms with Crippen LogP contribution in [0.15, 0.2) is 12.1 Å². The molecule has 2 aromatic heterocycles. The van der Waals surface area contributed by atoms with Gasteiger partial charge in [0.15, 0.2) is 5.82 Å². The van der Waals surface area contributed by atoms with Gasteiger partial charge in [-0.3, -0.25) is 4.79 Å². The summed E-state index contributed by atoms with van der Waals surface area (Å²) in [6.45, 7) is 8.93. The number of nitrogens with zero attached hydrogens (tertiary/aromatic N) is 5. The van der Waals surface area contributed by atoms with E-state index in [9.17, 15) is 4.79 Å². The highest BCUT2D eigenvalue weighted by Gasteiger charge is 2.24. The minimum Gasteiger partial charge on any atom is -0.353 e. The first-order valence-corrected chi connectivity index (χ1v) is 8.61. The number of hydrogen-bond donors (Lipinski definition) is 0. The van der Waals surface area contributed by atoms with E-state index >= 15 is 0 Å². The van der Waals surface area contributed by atoms with Gasteiger partial charge in [0.1, 0.15) is 0 Å². The molecule has 6 nitrogen and oxygen atoms in total. The predicted octanol–water partition coefficient (Wildman–Crippen LogP) is 2.21. The van der Waals surface area contributed by atoms with Gasteiger partial charge in [0.2, 0.25) is 0 Å². The maximum absolute atomic E-state index is 12.8. The zero-order chi connectivity index (χ0) is 16.4. The van der Waals surface area contributed by atoms with E-state index in [4.69, 9.17) is 0 Å². The number of amides is 1. The van der Waals surface area contributed by atoms with E-state index in [-0.39, 0.29) is 5.91 Å². The molecule has 0 radical (unpaired) electrons. The molecule has 1 aliphatic heterocycles. The van der Waals surface area contributed by atoms with Gasteiger partial charge in [0, 0.05) is 31.1 Å². The van der Waals surface area contributed by atoms with E-state index < -0.39 is 0 Å². The Labute approximate surface area is 140 Å². The van der Waals surface area contributed by atoms with Gasteiger partial charge < -0.3 is 9.80 Å². The summed E-state index contributed by atoms with van der Waals surface area (Å²) in [6.07, 6.45) is 0.928. The lowest BCUT2D eigenvalue weighted by Gasteiger charge is -2.22. The maximum atomic E-state index is 12.8. The van der Waals surface area contributed by atoms with E-state index in [0.29, 0.717) is 6.54 Å². The lowest BCUT2D eigenvalue weighted by molar-refractivity contribution is 0.0766. The number of carbonyl (C=O) groups is 1. The first-order chi connectivity index (χ1) is 11.1. The number of aryl methyl sites for hydroxylation is 3. The molecule has 0 spiro atoms. The third kappa shape index (κ3) is 3.34. The van der Waals surface area contributed by atoms with Gasteiger partial charge >= 0.3 is 0 Å². The summed E-state index contributed by atoms with van der Waals surface area (Å²) < 4.78 is 4.29. The van der Waals surface area contributed by atoms with Crippen molar-refractivity contribution in [3.63, 3.8) is 0 Å². The average Bonchev–Trinajstić information content (AvgIpc) is 2.76. The summed E-state index contributed by atoms with van der Waals surface area (Å²) in [4.78, 5) is 17.9. The predicted molar refractivity (Wildman–Crippen MR) is 91.1 cm³/mol. The van der Waals surface area contributed by atoms with E-state index in [1.165, 1.54) is 11.5 Å². The van der Waals surface area contributed by atoms with Crippen molar-refractivity contribution in [2.45, 2.75) is 27.2 Å². The van der Waals surface area contributed by atoms with Crippen LogP contribution in [0.2, 0.25) is 0 Å². The van der Waals surface area contributed by atoms with E-state index in [1.54, 1.807) is 0 Å². The number of hydrogen-bond acceptors (Lipinski definition) is 6. The normalized spacial score (nSPS) is 15.6. The van der Waals surface area contributed by atoms with Gasteiger partial charge in [-0.05, 0) is 50.9 Å². The van der Waals surface area contributed by atoms with Crippen LogP contribution in [-0.2, 0) is 0 Å². The van der Waals surface area contributed by atoms with Crippen molar-refractivity contribution >= 4 is 23.3 Å². The largest absolute Gasteiger partial charge is 0.353 e. The molecule has 0 aliphatic carbocycles. The van der Waals surface area contributed by atoms with Gasteiger partial charge in [0.25, 0.3) is 5.91 Å². The van der Waals surface area contributed by atoms with Gasteiger partial charge in [-0.1, -0.05) is 0 Å². The molecule has 1 saturated heterocycles. The summed E-state index contributed by atoms with van der Waals surface area (Å²) in [5, 5.41) is 8.38. The summed E-state index contributed by atoms with van der Waals surface area (Å²) >= 11 is 1.40. The lowest BCUT2D eigenvalue weighted by atomic mass is 10.2. The molecule has 3 heterocycles. The summed E-state index contributed by atoms with van der Waals surface area (Å²) in [7, 11) is 0. The quantitative estimate of drug-likeness (QED) is 0.844. The lowest BCUT2D eigenvalue weighted by Crippen LogP contribution is -2.35. The van der Waals surface area contributed by atoms with Crippen LogP contribution >= 0.6 is 11.5 Å². The molecule has 23 heavy (non-hydrogen) atoms. The smallest absolute Gasteiger partial charge is 0.256 e. The molecule has 122 valence electrons. The Balaban J connectivity index is 1.71. The molecule has 0 bridgehead atoms. The van der Waals surface area contributed by atoms with Crippen LogP contribution in [0.4, 0.5) is 5.82 Å². The van der Waals surface area contributed by atoms with Crippen LogP contribution in [-0.4, -0.2) is 51.6 Å². The highest BCUT2D eigenvalue weighted by molar-refractivity contribution is 7.06. The van der Waals surface area contributed by atoms with Crippen LogP contribution < -0.4 is 4.90 Å². The van der Waals surface area contributed by atoms with Gasteiger partial charge in [-0.25, -0.2) is 0 Å². The zero-order valence-corrected chi connectivity index (χ0v) is 14.6. The molecule has 0 aromatic carbocycles. The molecule has 3 rings (SSSR count). The second kappa shape index (κ2) is 6.62. The molecule has 0 N–H and O–H groups in total. The van der Waals surface area contributed by atoms with E-state index in [0.717, 1.165) is 53.7 Å². The second-order valence-corrected chi connectivity index (χ2v) is 6.84. The van der Waals surface area contributed by atoms with Gasteiger partial charge in [0.05, 0.1) is 17.0 Å². The standard InChI is InChI=1S/C16H21N5OS/c1-11-5-6-14(18-17-11)20-7-4-8-21(10-9-20)16(22)15-12(2)19-23-13(15)3/h5-6H,4,7-10H2,1-3H3. The average molecular weight is 331 g/mol. The Bertz CT molecular complexity index is 677. The van der Waals surface area contributed by atoms with Crippen molar-refractivity contribution in [2.24, 2.45) is 0 Å². The van der Waals surface area contributed by atoms with Crippen molar-refractivity contribution in [3.8, 4) is 0 Å². The highest BCUT2D eigenvalue weighted by atomic mass is 32.1. The summed E-state index contributed by atoms with van der Waals surface area (Å²) in [5.41, 5.74) is 2.53. The minimum absolute atomic E-state index is 0.102. The van der Waals surface area contributed by atoms with Crippen LogP contribution in [0, 0.1) is 20.8 Å². The molecule has 2 aromatic rings. The number of carbonyl (C=O) groups excluding carboxylic acids is 1. The molecule has 0 unspecified atom stereocenters. The van der Waals surface area contributed by atoms with E-state index in [2.05, 4.69) is 19.5 Å². The molecule has 7 heteroatoms. The topological polar surface area (TPSA) is 62.2 Å². The van der Waals surface area contributed by atoms with Crippen molar-refractivity contribution < 1.29 is 4.79 Å². The Kier molecular flexibility index (Phi) is 4.56. The summed E-state index contributed by atoms with van der Waals surface area (Å²) in [6, 6.07) is 3.97. The molecule has 1 aliphatic rings. The van der Waals surface area contributed by atoms with Gasteiger partial charge in [-0.2, -0.15) is 9.47 Å². The number of anilines is 1. The molecular formula is C16H21N5OS. The molecule has 1 fully saturated rings. The van der Waals surface area contributed by atoms with Crippen LogP contribution in [0.25, 0.3) is 0 Å². The first-order valence-electron chi connectivity index (χ1n) is 7.83. The fourth-order valence-corrected chi connectivity index (χ4v) is 3.55. The number of aromatic nitrogens is 3. The Morgan fingerprint density at radius 2 is 1.91 bits per heavy atom. The van der Waals surface area contributed by atoms with Crippen molar-refractivity contribution in [2.75, 3.05) is 31.1 Å². The SMILES string of the molecule is Cc1ccc(N2CCCN(C(=O)c3c(C)nsc3C)CC2)nn1. The molecular weight excluding hydrogens is 310 g/mol. The Morgan fingerprint density at radius 3 is 2.57 bits per heavy atom. The van der Waals surface area contributed by atoms with Crippen LogP contribution in [0.3, 0.4) is 0 Å². The molecule has 0 atom stereocenters. The fourth-order valence-electron chi connectivity index (χ4n) is 2.86. The minimum atomic E-state index is 0.102. The first kappa shape index (κ1) is 15.9. The maximum Gasteiger partial charge on any atom is 0.256 e. The van der Waals surface area contributed by atoms with Crippen molar-refractivity contribution in [3.05, 3.63) is 34.0 Å². The third-order valence-electron chi connectivity index (χ3n) is 4.14. The Morgan fingerprint density at radius 1 is 1.09 bits per heavy atom. The second-order valence-electron chi connectivity index (χ2n) is 5.86. The summed E-state index contributed by atoms with van der Waals surface area (Å²) in [5.74, 6) is 0.986.